The third-order valence-corrected chi connectivity index (χ3v) is 2.68. The molecule has 0 aromatic carbocycles. The van der Waals surface area contributed by atoms with Gasteiger partial charge in [0.15, 0.2) is 0 Å². The molecule has 0 unspecified atom stereocenters. The minimum Gasteiger partial charge on any atom is -0.481 e. The van der Waals surface area contributed by atoms with Gasteiger partial charge in [-0.05, 0) is 31.5 Å². The molecule has 2 rings (SSSR count). The summed E-state index contributed by atoms with van der Waals surface area (Å²) in [5.41, 5.74) is 3.89. The maximum atomic E-state index is 9.22. The third-order valence-electron chi connectivity index (χ3n) is 2.68. The molecule has 2 aromatic heterocycles. The molecule has 0 radical (unpaired) electrons. The minimum absolute atomic E-state index is 0.543. The molecule has 0 aliphatic carbocycles. The molecule has 4 heteroatoms. The Kier molecular flexibility index (Phi) is 3.24. The topological polar surface area (TPSA) is 58.8 Å². The lowest BCUT2D eigenvalue weighted by molar-refractivity contribution is 0.398. The van der Waals surface area contributed by atoms with E-state index in [0.717, 1.165) is 16.8 Å². The van der Waals surface area contributed by atoms with Gasteiger partial charge in [0.1, 0.15) is 6.07 Å². The number of rotatable bonds is 2. The van der Waals surface area contributed by atoms with Gasteiger partial charge in [-0.3, -0.25) is 4.98 Å². The number of ether oxygens (including phenoxy) is 1. The number of hydrogen-bond donors (Lipinski definition) is 0. The number of nitrogens with zero attached hydrogens (tertiary/aromatic N) is 3. The van der Waals surface area contributed by atoms with Crippen molar-refractivity contribution in [3.63, 3.8) is 0 Å². The van der Waals surface area contributed by atoms with Crippen molar-refractivity contribution in [2.24, 2.45) is 0 Å². The lowest BCUT2D eigenvalue weighted by Crippen LogP contribution is -1.96. The molecule has 4 nitrogen and oxygen atoms in total. The van der Waals surface area contributed by atoms with E-state index in [-0.39, 0.29) is 0 Å². The second kappa shape index (κ2) is 4.84. The molecule has 2 aromatic rings. The highest BCUT2D eigenvalue weighted by molar-refractivity contribution is 5.68. The average Bonchev–Trinajstić information content (AvgIpc) is 2.38. The fourth-order valence-electron chi connectivity index (χ4n) is 1.83. The van der Waals surface area contributed by atoms with E-state index in [9.17, 15) is 5.26 Å². The fraction of sp³-hybridized carbons (Fsp3) is 0.214. The van der Waals surface area contributed by atoms with Gasteiger partial charge in [-0.25, -0.2) is 4.98 Å². The Morgan fingerprint density at radius 1 is 1.28 bits per heavy atom. The van der Waals surface area contributed by atoms with E-state index >= 15 is 0 Å². The Balaban J connectivity index is 2.59. The molecule has 0 bridgehead atoms. The zero-order valence-corrected chi connectivity index (χ0v) is 10.6. The minimum atomic E-state index is 0.543. The molecule has 2 heterocycles. The predicted molar refractivity (Wildman–Crippen MR) is 68.2 cm³/mol. The summed E-state index contributed by atoms with van der Waals surface area (Å²) in [5, 5.41) is 9.22. The Morgan fingerprint density at radius 3 is 2.61 bits per heavy atom. The Hall–Kier alpha value is -2.41. The predicted octanol–water partition coefficient (Wildman–Crippen LogP) is 2.64. The van der Waals surface area contributed by atoms with Crippen LogP contribution in [0.4, 0.5) is 0 Å². The maximum Gasteiger partial charge on any atom is 0.212 e. The zero-order valence-electron chi connectivity index (χ0n) is 10.6. The lowest BCUT2D eigenvalue weighted by Gasteiger charge is -2.08. The van der Waals surface area contributed by atoms with Crippen LogP contribution in [0.25, 0.3) is 11.3 Å². The number of pyridine rings is 2. The molecular weight excluding hydrogens is 226 g/mol. The molecule has 0 N–H and O–H groups in total. The van der Waals surface area contributed by atoms with Crippen LogP contribution in [0.5, 0.6) is 5.88 Å². The van der Waals surface area contributed by atoms with Gasteiger partial charge in [0.2, 0.25) is 5.88 Å². The molecule has 0 saturated carbocycles. The first-order chi connectivity index (χ1) is 8.65. The fourth-order valence-corrected chi connectivity index (χ4v) is 1.83. The number of methoxy groups -OCH3 is 1. The normalized spacial score (nSPS) is 9.89. The first kappa shape index (κ1) is 12.1. The number of aryl methyl sites for hydroxylation is 2. The monoisotopic (exact) mass is 239 g/mol. The average molecular weight is 239 g/mol. The van der Waals surface area contributed by atoms with Gasteiger partial charge in [-0.2, -0.15) is 5.26 Å². The molecule has 18 heavy (non-hydrogen) atoms. The van der Waals surface area contributed by atoms with E-state index in [1.54, 1.807) is 19.4 Å². The van der Waals surface area contributed by atoms with Crippen LogP contribution in [0.1, 0.15) is 16.8 Å². The summed E-state index contributed by atoms with van der Waals surface area (Å²) in [4.78, 5) is 8.56. The summed E-state index contributed by atoms with van der Waals surface area (Å²) in [6, 6.07) is 7.71. The van der Waals surface area contributed by atoms with E-state index in [1.807, 2.05) is 26.0 Å². The molecular formula is C14H13N3O. The number of hydrogen-bond acceptors (Lipinski definition) is 4. The zero-order chi connectivity index (χ0) is 13.1. The van der Waals surface area contributed by atoms with E-state index < -0.39 is 0 Å². The first-order valence-corrected chi connectivity index (χ1v) is 5.54. The summed E-state index contributed by atoms with van der Waals surface area (Å²) >= 11 is 0. The molecule has 90 valence electrons. The maximum absolute atomic E-state index is 9.22. The molecule has 0 aliphatic rings. The Bertz CT molecular complexity index is 612. The highest BCUT2D eigenvalue weighted by atomic mass is 16.5. The molecule has 0 amide bonds. The van der Waals surface area contributed by atoms with Crippen LogP contribution < -0.4 is 4.74 Å². The van der Waals surface area contributed by atoms with Gasteiger partial charge in [0, 0.05) is 23.5 Å². The molecule has 0 atom stereocenters. The van der Waals surface area contributed by atoms with Gasteiger partial charge >= 0.3 is 0 Å². The standard InChI is InChI=1S/C14H13N3O/c1-9-6-10(2)17-14(12(9)7-15)11-4-5-13(18-3)16-8-11/h4-6,8H,1-3H3. The van der Waals surface area contributed by atoms with Gasteiger partial charge in [-0.1, -0.05) is 0 Å². The molecule has 0 spiro atoms. The quantitative estimate of drug-likeness (QED) is 0.808. The SMILES string of the molecule is COc1ccc(-c2nc(C)cc(C)c2C#N)cn1. The van der Waals surface area contributed by atoms with Crippen LogP contribution in [0, 0.1) is 25.2 Å². The summed E-state index contributed by atoms with van der Waals surface area (Å²) in [6.07, 6.45) is 1.67. The summed E-state index contributed by atoms with van der Waals surface area (Å²) in [7, 11) is 1.57. The van der Waals surface area contributed by atoms with E-state index in [1.165, 1.54) is 0 Å². The van der Waals surface area contributed by atoms with Crippen molar-refractivity contribution in [1.29, 1.82) is 5.26 Å². The van der Waals surface area contributed by atoms with Crippen molar-refractivity contribution >= 4 is 0 Å². The summed E-state index contributed by atoms with van der Waals surface area (Å²) < 4.78 is 5.01. The van der Waals surface area contributed by atoms with Crippen molar-refractivity contribution < 1.29 is 4.74 Å². The number of aromatic nitrogens is 2. The van der Waals surface area contributed by atoms with Crippen molar-refractivity contribution in [3.8, 4) is 23.2 Å². The lowest BCUT2D eigenvalue weighted by atomic mass is 10.0. The second-order valence-electron chi connectivity index (χ2n) is 4.01. The third kappa shape index (κ3) is 2.16. The highest BCUT2D eigenvalue weighted by Crippen LogP contribution is 2.24. The molecule has 0 fully saturated rings. The molecule has 0 saturated heterocycles. The Labute approximate surface area is 106 Å². The van der Waals surface area contributed by atoms with Crippen LogP contribution in [0.2, 0.25) is 0 Å². The van der Waals surface area contributed by atoms with Crippen LogP contribution in [-0.4, -0.2) is 17.1 Å². The van der Waals surface area contributed by atoms with Crippen LogP contribution >= 0.6 is 0 Å². The van der Waals surface area contributed by atoms with Gasteiger partial charge in [0.05, 0.1) is 18.4 Å². The smallest absolute Gasteiger partial charge is 0.212 e. The first-order valence-electron chi connectivity index (χ1n) is 5.54. The van der Waals surface area contributed by atoms with Crippen LogP contribution in [-0.2, 0) is 0 Å². The van der Waals surface area contributed by atoms with Crippen molar-refractivity contribution in [2.75, 3.05) is 7.11 Å². The largest absolute Gasteiger partial charge is 0.481 e. The highest BCUT2D eigenvalue weighted by Gasteiger charge is 2.11. The van der Waals surface area contributed by atoms with Crippen molar-refractivity contribution in [3.05, 3.63) is 41.2 Å². The Morgan fingerprint density at radius 2 is 2.06 bits per heavy atom. The van der Waals surface area contributed by atoms with Gasteiger partial charge in [-0.15, -0.1) is 0 Å². The summed E-state index contributed by atoms with van der Waals surface area (Å²) in [5.74, 6) is 0.543. The van der Waals surface area contributed by atoms with Gasteiger partial charge in [0.25, 0.3) is 0 Å². The van der Waals surface area contributed by atoms with Crippen molar-refractivity contribution in [1.82, 2.24) is 9.97 Å². The number of nitriles is 1. The van der Waals surface area contributed by atoms with E-state index in [4.69, 9.17) is 4.74 Å². The van der Waals surface area contributed by atoms with Gasteiger partial charge < -0.3 is 4.74 Å². The van der Waals surface area contributed by atoms with Crippen LogP contribution in [0.15, 0.2) is 24.4 Å². The van der Waals surface area contributed by atoms with Crippen molar-refractivity contribution in [2.45, 2.75) is 13.8 Å². The summed E-state index contributed by atoms with van der Waals surface area (Å²) in [6.45, 7) is 3.82. The van der Waals surface area contributed by atoms with Crippen LogP contribution in [0.3, 0.4) is 0 Å². The second-order valence-corrected chi connectivity index (χ2v) is 4.01. The van der Waals surface area contributed by atoms with E-state index in [0.29, 0.717) is 17.1 Å². The van der Waals surface area contributed by atoms with E-state index in [2.05, 4.69) is 16.0 Å². The molecule has 0 aliphatic heterocycles.